The first-order valence-electron chi connectivity index (χ1n) is 10.4. The number of halogens is 1. The molecule has 0 fully saturated rings. The SMILES string of the molecule is COc1ccc(S(=O)(=O)N(Cc2cccnc2)N(NO)OC(=O)c2cnc3c(Br)cccc3c2)cc1. The van der Waals surface area contributed by atoms with Crippen LogP contribution < -0.4 is 10.3 Å². The molecule has 0 aliphatic carbocycles. The van der Waals surface area contributed by atoms with Crippen LogP contribution in [-0.2, 0) is 21.4 Å². The molecule has 2 N–H and O–H groups in total. The van der Waals surface area contributed by atoms with Crippen LogP contribution in [0.2, 0.25) is 0 Å². The number of nitrogens with zero attached hydrogens (tertiary/aromatic N) is 4. The molecule has 2 aromatic heterocycles. The number of carbonyl (C=O) groups excluding carboxylic acids is 1. The van der Waals surface area contributed by atoms with E-state index in [4.69, 9.17) is 9.57 Å². The van der Waals surface area contributed by atoms with Crippen LogP contribution in [0.5, 0.6) is 5.75 Å². The Morgan fingerprint density at radius 3 is 2.56 bits per heavy atom. The van der Waals surface area contributed by atoms with Crippen LogP contribution in [0.4, 0.5) is 0 Å². The third-order valence-electron chi connectivity index (χ3n) is 5.03. The van der Waals surface area contributed by atoms with E-state index in [1.165, 1.54) is 56.0 Å². The van der Waals surface area contributed by atoms with Crippen LogP contribution in [0.1, 0.15) is 15.9 Å². The van der Waals surface area contributed by atoms with Crippen LogP contribution in [0.3, 0.4) is 0 Å². The number of aromatic nitrogens is 2. The van der Waals surface area contributed by atoms with Gasteiger partial charge in [0, 0.05) is 33.7 Å². The maximum Gasteiger partial charge on any atom is 0.361 e. The van der Waals surface area contributed by atoms with Gasteiger partial charge in [-0.15, -0.1) is 0 Å². The second kappa shape index (κ2) is 11.1. The number of carbonyl (C=O) groups is 1. The van der Waals surface area contributed by atoms with Gasteiger partial charge in [-0.05, 0) is 64.0 Å². The van der Waals surface area contributed by atoms with Crippen molar-refractivity contribution in [1.82, 2.24) is 25.3 Å². The summed E-state index contributed by atoms with van der Waals surface area (Å²) in [7, 11) is -2.90. The highest BCUT2D eigenvalue weighted by Crippen LogP contribution is 2.25. The van der Waals surface area contributed by atoms with E-state index in [-0.39, 0.29) is 17.0 Å². The lowest BCUT2D eigenvalue weighted by atomic mass is 10.2. The van der Waals surface area contributed by atoms with Crippen LogP contribution >= 0.6 is 15.9 Å². The first-order valence-corrected chi connectivity index (χ1v) is 12.6. The lowest BCUT2D eigenvalue weighted by molar-refractivity contribution is -0.300. The number of rotatable bonds is 9. The highest BCUT2D eigenvalue weighted by molar-refractivity contribution is 9.10. The Kier molecular flexibility index (Phi) is 7.88. The zero-order chi connectivity index (χ0) is 25.7. The third-order valence-corrected chi connectivity index (χ3v) is 7.37. The third kappa shape index (κ3) is 5.51. The topological polar surface area (TPSA) is 134 Å². The van der Waals surface area contributed by atoms with Gasteiger partial charge in [0.15, 0.2) is 0 Å². The second-order valence-electron chi connectivity index (χ2n) is 7.31. The number of methoxy groups -OCH3 is 1. The summed E-state index contributed by atoms with van der Waals surface area (Å²) in [5.74, 6) is -0.515. The number of fused-ring (bicyclic) bond motifs is 1. The maximum atomic E-state index is 13.5. The van der Waals surface area contributed by atoms with E-state index >= 15 is 0 Å². The van der Waals surface area contributed by atoms with Crippen molar-refractivity contribution in [3.63, 3.8) is 0 Å². The predicted octanol–water partition coefficient (Wildman–Crippen LogP) is 3.47. The van der Waals surface area contributed by atoms with Crippen molar-refractivity contribution in [2.24, 2.45) is 0 Å². The number of hydrogen-bond donors (Lipinski definition) is 2. The van der Waals surface area contributed by atoms with E-state index in [1.54, 1.807) is 29.9 Å². The molecule has 2 heterocycles. The number of sulfonamides is 1. The number of para-hydroxylation sites is 1. The molecule has 0 unspecified atom stereocenters. The fourth-order valence-electron chi connectivity index (χ4n) is 3.25. The van der Waals surface area contributed by atoms with Crippen molar-refractivity contribution < 1.29 is 28.0 Å². The molecule has 186 valence electrons. The molecule has 0 bridgehead atoms. The van der Waals surface area contributed by atoms with Gasteiger partial charge in [0.1, 0.15) is 5.75 Å². The van der Waals surface area contributed by atoms with Crippen LogP contribution in [-0.4, -0.2) is 46.4 Å². The van der Waals surface area contributed by atoms with Crippen molar-refractivity contribution in [1.29, 1.82) is 0 Å². The molecule has 0 saturated heterocycles. The fourth-order valence-corrected chi connectivity index (χ4v) is 5.04. The number of pyridine rings is 2. The minimum Gasteiger partial charge on any atom is -0.497 e. The molecule has 0 atom stereocenters. The standard InChI is InChI=1S/C23H20BrN5O6S/c1-34-19-7-9-20(10-8-19)36(32,33)28(15-16-4-3-11-25-13-16)29(27-31)35-23(30)18-12-17-5-2-6-21(24)22(17)26-14-18/h2-14,27,31H,15H2,1H3. The molecule has 2 aromatic carbocycles. The van der Waals surface area contributed by atoms with Crippen LogP contribution in [0, 0.1) is 0 Å². The Balaban J connectivity index is 1.67. The summed E-state index contributed by atoms with van der Waals surface area (Å²) < 4.78 is 33.5. The molecular formula is C23H20BrN5O6S. The van der Waals surface area contributed by atoms with Crippen molar-refractivity contribution in [3.05, 3.63) is 94.9 Å². The summed E-state index contributed by atoms with van der Waals surface area (Å²) in [6.45, 7) is -0.327. The number of hydrogen-bond acceptors (Lipinski definition) is 10. The van der Waals surface area contributed by atoms with Crippen molar-refractivity contribution >= 4 is 42.8 Å². The predicted molar refractivity (Wildman–Crippen MR) is 132 cm³/mol. The zero-order valence-corrected chi connectivity index (χ0v) is 21.2. The largest absolute Gasteiger partial charge is 0.497 e. The summed E-state index contributed by atoms with van der Waals surface area (Å²) in [5, 5.41) is 10.8. The van der Waals surface area contributed by atoms with Gasteiger partial charge >= 0.3 is 5.97 Å². The lowest BCUT2D eigenvalue weighted by Crippen LogP contribution is -2.52. The fraction of sp³-hybridized carbons (Fsp3) is 0.0870. The summed E-state index contributed by atoms with van der Waals surface area (Å²) in [6, 6.07) is 15.7. The molecule has 4 aromatic rings. The van der Waals surface area contributed by atoms with Crippen molar-refractivity contribution in [3.8, 4) is 5.75 Å². The van der Waals surface area contributed by atoms with Crippen LogP contribution in [0.25, 0.3) is 10.9 Å². The molecule has 0 aliphatic heterocycles. The van der Waals surface area contributed by atoms with E-state index in [1.807, 2.05) is 6.07 Å². The van der Waals surface area contributed by atoms with E-state index in [0.717, 1.165) is 4.47 Å². The normalized spacial score (nSPS) is 11.7. The molecule has 36 heavy (non-hydrogen) atoms. The average Bonchev–Trinajstić information content (AvgIpc) is 2.91. The van der Waals surface area contributed by atoms with Gasteiger partial charge in [-0.3, -0.25) is 15.2 Å². The molecular weight excluding hydrogens is 554 g/mol. The van der Waals surface area contributed by atoms with Gasteiger partial charge in [0.05, 0.1) is 29.6 Å². The number of nitrogens with one attached hydrogen (secondary N) is 1. The van der Waals surface area contributed by atoms with E-state index in [0.29, 0.717) is 31.9 Å². The molecule has 0 amide bonds. The van der Waals surface area contributed by atoms with E-state index in [9.17, 15) is 18.4 Å². The number of benzene rings is 2. The smallest absolute Gasteiger partial charge is 0.361 e. The summed E-state index contributed by atoms with van der Waals surface area (Å²) in [5.41, 5.74) is 2.76. The zero-order valence-electron chi connectivity index (χ0n) is 18.8. The van der Waals surface area contributed by atoms with E-state index < -0.39 is 16.0 Å². The second-order valence-corrected chi connectivity index (χ2v) is 10.0. The first kappa shape index (κ1) is 25.6. The van der Waals surface area contributed by atoms with Gasteiger partial charge in [-0.25, -0.2) is 13.2 Å². The van der Waals surface area contributed by atoms with Crippen molar-refractivity contribution in [2.75, 3.05) is 7.11 Å². The van der Waals surface area contributed by atoms with Gasteiger partial charge in [0.2, 0.25) is 0 Å². The monoisotopic (exact) mass is 573 g/mol. The summed E-state index contributed by atoms with van der Waals surface area (Å²) >= 11 is 3.40. The molecule has 4 rings (SSSR count). The molecule has 0 saturated carbocycles. The molecule has 0 aliphatic rings. The van der Waals surface area contributed by atoms with Gasteiger partial charge in [-0.2, -0.15) is 0 Å². The molecule has 11 nitrogen and oxygen atoms in total. The molecule has 0 spiro atoms. The Morgan fingerprint density at radius 2 is 1.89 bits per heavy atom. The lowest BCUT2D eigenvalue weighted by Gasteiger charge is -2.30. The van der Waals surface area contributed by atoms with Crippen LogP contribution in [0.15, 0.2) is 88.6 Å². The van der Waals surface area contributed by atoms with Gasteiger partial charge in [-0.1, -0.05) is 28.2 Å². The molecule has 0 radical (unpaired) electrons. The maximum absolute atomic E-state index is 13.5. The Hall–Kier alpha value is -3.46. The highest BCUT2D eigenvalue weighted by Gasteiger charge is 2.34. The average molecular weight is 574 g/mol. The Morgan fingerprint density at radius 1 is 1.11 bits per heavy atom. The Bertz CT molecular complexity index is 1470. The number of ether oxygens (including phenoxy) is 1. The van der Waals surface area contributed by atoms with Gasteiger partial charge in [0.25, 0.3) is 10.0 Å². The van der Waals surface area contributed by atoms with Gasteiger partial charge < -0.3 is 9.57 Å². The first-order chi connectivity index (χ1) is 17.3. The minimum absolute atomic E-state index is 0.0315. The quantitative estimate of drug-likeness (QED) is 0.286. The van der Waals surface area contributed by atoms with Crippen molar-refractivity contribution in [2.45, 2.75) is 11.4 Å². The highest BCUT2D eigenvalue weighted by atomic mass is 79.9. The van der Waals surface area contributed by atoms with E-state index in [2.05, 4.69) is 25.9 Å². The number of hydrazine groups is 2. The Labute approximate surface area is 214 Å². The minimum atomic E-state index is -4.35. The summed E-state index contributed by atoms with van der Waals surface area (Å²) in [6.07, 6.45) is 4.26. The summed E-state index contributed by atoms with van der Waals surface area (Å²) in [4.78, 5) is 26.3. The molecule has 13 heteroatoms.